The minimum absolute atomic E-state index is 0.173. The van der Waals surface area contributed by atoms with E-state index in [2.05, 4.69) is 98.0 Å². The van der Waals surface area contributed by atoms with Gasteiger partial charge in [-0.05, 0) is 71.8 Å². The molecular formula is C30H38N4. The molecule has 0 N–H and O–H groups in total. The van der Waals surface area contributed by atoms with Crippen LogP contribution in [0.1, 0.15) is 43.0 Å². The van der Waals surface area contributed by atoms with Crippen LogP contribution < -0.4 is 9.80 Å². The summed E-state index contributed by atoms with van der Waals surface area (Å²) in [5.74, 6) is 1.08. The Hall–Kier alpha value is -2.85. The van der Waals surface area contributed by atoms with E-state index in [1.807, 2.05) is 6.20 Å². The number of likely N-dealkylation sites (N-methyl/N-ethyl adjacent to an activating group) is 1. The summed E-state index contributed by atoms with van der Waals surface area (Å²) >= 11 is 0. The van der Waals surface area contributed by atoms with Crippen LogP contribution >= 0.6 is 0 Å². The van der Waals surface area contributed by atoms with Gasteiger partial charge in [-0.15, -0.1) is 0 Å². The Balaban J connectivity index is 1.36. The lowest BCUT2D eigenvalue weighted by Crippen LogP contribution is -2.45. The van der Waals surface area contributed by atoms with E-state index in [0.717, 1.165) is 51.5 Å². The number of anilines is 2. The number of aryl methyl sites for hydroxylation is 1. The monoisotopic (exact) mass is 454 g/mol. The minimum Gasteiger partial charge on any atom is -0.369 e. The van der Waals surface area contributed by atoms with Gasteiger partial charge in [0.15, 0.2) is 0 Å². The number of piperazine rings is 1. The quantitative estimate of drug-likeness (QED) is 0.509. The first-order valence-electron chi connectivity index (χ1n) is 12.7. The Morgan fingerprint density at radius 1 is 0.735 bits per heavy atom. The van der Waals surface area contributed by atoms with E-state index in [9.17, 15) is 0 Å². The highest BCUT2D eigenvalue weighted by atomic mass is 15.3. The van der Waals surface area contributed by atoms with Gasteiger partial charge in [0.2, 0.25) is 0 Å². The summed E-state index contributed by atoms with van der Waals surface area (Å²) in [6, 6.07) is 18.0. The highest BCUT2D eigenvalue weighted by molar-refractivity contribution is 5.66. The normalized spacial score (nSPS) is 17.1. The summed E-state index contributed by atoms with van der Waals surface area (Å²) in [4.78, 5) is 12.4. The van der Waals surface area contributed by atoms with Gasteiger partial charge >= 0.3 is 0 Å². The summed E-state index contributed by atoms with van der Waals surface area (Å²) in [6.45, 7) is 15.5. The molecule has 2 aliphatic heterocycles. The second kappa shape index (κ2) is 9.07. The number of benzene rings is 2. The van der Waals surface area contributed by atoms with Crippen molar-refractivity contribution < 1.29 is 0 Å². The maximum atomic E-state index is 4.90. The lowest BCUT2D eigenvalue weighted by molar-refractivity contribution is 0.312. The average molecular weight is 455 g/mol. The van der Waals surface area contributed by atoms with E-state index in [1.165, 1.54) is 33.5 Å². The summed E-state index contributed by atoms with van der Waals surface area (Å²) in [7, 11) is 2.22. The van der Waals surface area contributed by atoms with Gasteiger partial charge in [-0.3, -0.25) is 0 Å². The zero-order chi connectivity index (χ0) is 23.9. The Morgan fingerprint density at radius 2 is 1.44 bits per heavy atom. The molecular weight excluding hydrogens is 416 g/mol. The van der Waals surface area contributed by atoms with E-state index in [1.54, 1.807) is 5.56 Å². The van der Waals surface area contributed by atoms with Crippen LogP contribution in [0.25, 0.3) is 11.1 Å². The van der Waals surface area contributed by atoms with E-state index < -0.39 is 0 Å². The van der Waals surface area contributed by atoms with Gasteiger partial charge in [0.1, 0.15) is 5.82 Å². The second-order valence-corrected chi connectivity index (χ2v) is 11.1. The summed E-state index contributed by atoms with van der Waals surface area (Å²) in [5.41, 5.74) is 9.83. The Kier molecular flexibility index (Phi) is 6.11. The van der Waals surface area contributed by atoms with E-state index in [0.29, 0.717) is 0 Å². The number of pyridine rings is 1. The fourth-order valence-corrected chi connectivity index (χ4v) is 5.28. The molecule has 5 rings (SSSR count). The molecule has 4 nitrogen and oxygen atoms in total. The molecule has 2 aliphatic rings. The standard InChI is InChI=1S/C30H38N4/c1-22-6-12-28(33-18-16-32(5)17-19-33)27-21-34(15-14-26(22)27)29-13-9-24(20-31-29)23-7-10-25(11-8-23)30(2,3)4/h6-13,20H,14-19,21H2,1-5H3. The molecule has 2 aromatic carbocycles. The van der Waals surface area contributed by atoms with Crippen LogP contribution in [-0.4, -0.2) is 49.7 Å². The first-order chi connectivity index (χ1) is 16.3. The zero-order valence-electron chi connectivity index (χ0n) is 21.4. The third-order valence-electron chi connectivity index (χ3n) is 7.62. The van der Waals surface area contributed by atoms with Crippen LogP contribution in [0.15, 0.2) is 54.7 Å². The fourth-order valence-electron chi connectivity index (χ4n) is 5.28. The van der Waals surface area contributed by atoms with Crippen molar-refractivity contribution in [3.63, 3.8) is 0 Å². The van der Waals surface area contributed by atoms with Crippen molar-refractivity contribution >= 4 is 11.5 Å². The van der Waals surface area contributed by atoms with Gasteiger partial charge in [-0.1, -0.05) is 51.1 Å². The first kappa shape index (κ1) is 22.9. The van der Waals surface area contributed by atoms with Crippen molar-refractivity contribution in [3.05, 3.63) is 77.0 Å². The van der Waals surface area contributed by atoms with Crippen LogP contribution in [-0.2, 0) is 18.4 Å². The lowest BCUT2D eigenvalue weighted by Gasteiger charge is -2.38. The fraction of sp³-hybridized carbons (Fsp3) is 0.433. The highest BCUT2D eigenvalue weighted by Gasteiger charge is 2.25. The highest BCUT2D eigenvalue weighted by Crippen LogP contribution is 2.34. The summed E-state index contributed by atoms with van der Waals surface area (Å²) in [5, 5.41) is 0. The molecule has 0 saturated carbocycles. The molecule has 0 radical (unpaired) electrons. The predicted molar refractivity (Wildman–Crippen MR) is 144 cm³/mol. The Labute approximate surface area is 205 Å². The molecule has 0 atom stereocenters. The number of hydrogen-bond donors (Lipinski definition) is 0. The third kappa shape index (κ3) is 4.56. The maximum Gasteiger partial charge on any atom is 0.128 e. The van der Waals surface area contributed by atoms with E-state index in [4.69, 9.17) is 4.98 Å². The second-order valence-electron chi connectivity index (χ2n) is 11.1. The number of nitrogens with zero attached hydrogens (tertiary/aromatic N) is 4. The molecule has 0 aliphatic carbocycles. The van der Waals surface area contributed by atoms with Crippen LogP contribution in [0.5, 0.6) is 0 Å². The molecule has 34 heavy (non-hydrogen) atoms. The largest absolute Gasteiger partial charge is 0.369 e. The zero-order valence-corrected chi connectivity index (χ0v) is 21.4. The van der Waals surface area contributed by atoms with Crippen molar-refractivity contribution in [2.75, 3.05) is 49.6 Å². The Bertz CT molecular complexity index is 1130. The van der Waals surface area contributed by atoms with Gasteiger partial charge in [0.05, 0.1) is 0 Å². The molecule has 178 valence electrons. The molecule has 0 amide bonds. The molecule has 0 bridgehead atoms. The predicted octanol–water partition coefficient (Wildman–Crippen LogP) is 5.67. The molecule has 3 aromatic rings. The van der Waals surface area contributed by atoms with Crippen LogP contribution in [0.4, 0.5) is 11.5 Å². The van der Waals surface area contributed by atoms with Gasteiger partial charge in [0.25, 0.3) is 0 Å². The molecule has 1 aromatic heterocycles. The van der Waals surface area contributed by atoms with Crippen molar-refractivity contribution in [3.8, 4) is 11.1 Å². The number of aromatic nitrogens is 1. The molecule has 4 heteroatoms. The van der Waals surface area contributed by atoms with Crippen molar-refractivity contribution in [2.24, 2.45) is 0 Å². The number of fused-ring (bicyclic) bond motifs is 1. The topological polar surface area (TPSA) is 22.6 Å². The van der Waals surface area contributed by atoms with Gasteiger partial charge < -0.3 is 14.7 Å². The van der Waals surface area contributed by atoms with Crippen LogP contribution in [0.3, 0.4) is 0 Å². The minimum atomic E-state index is 0.173. The molecule has 3 heterocycles. The molecule has 1 fully saturated rings. The van der Waals surface area contributed by atoms with E-state index in [-0.39, 0.29) is 5.41 Å². The lowest BCUT2D eigenvalue weighted by atomic mass is 9.86. The first-order valence-corrected chi connectivity index (χ1v) is 12.7. The molecule has 0 spiro atoms. The average Bonchev–Trinajstić information content (AvgIpc) is 2.84. The SMILES string of the molecule is Cc1ccc(N2CCN(C)CC2)c2c1CCN(c1ccc(-c3ccc(C(C)(C)C)cc3)cn1)C2. The van der Waals surface area contributed by atoms with Gasteiger partial charge in [-0.25, -0.2) is 4.98 Å². The molecule has 1 saturated heterocycles. The molecule has 0 unspecified atom stereocenters. The number of hydrogen-bond acceptors (Lipinski definition) is 4. The van der Waals surface area contributed by atoms with Gasteiger partial charge in [-0.2, -0.15) is 0 Å². The van der Waals surface area contributed by atoms with E-state index >= 15 is 0 Å². The Morgan fingerprint density at radius 3 is 2.09 bits per heavy atom. The summed E-state index contributed by atoms with van der Waals surface area (Å²) in [6.07, 6.45) is 3.12. The van der Waals surface area contributed by atoms with Gasteiger partial charge in [0, 0.05) is 56.7 Å². The van der Waals surface area contributed by atoms with Crippen molar-refractivity contribution in [2.45, 2.75) is 46.1 Å². The smallest absolute Gasteiger partial charge is 0.128 e. The van der Waals surface area contributed by atoms with Crippen molar-refractivity contribution in [1.29, 1.82) is 0 Å². The maximum absolute atomic E-state index is 4.90. The third-order valence-corrected chi connectivity index (χ3v) is 7.62. The van der Waals surface area contributed by atoms with Crippen LogP contribution in [0.2, 0.25) is 0 Å². The number of rotatable bonds is 3. The van der Waals surface area contributed by atoms with Crippen molar-refractivity contribution in [1.82, 2.24) is 9.88 Å². The van der Waals surface area contributed by atoms with Crippen LogP contribution in [0, 0.1) is 6.92 Å². The summed E-state index contributed by atoms with van der Waals surface area (Å²) < 4.78 is 0.